The van der Waals surface area contributed by atoms with Gasteiger partial charge in [-0.25, -0.2) is 9.59 Å². The summed E-state index contributed by atoms with van der Waals surface area (Å²) in [7, 11) is 0. The summed E-state index contributed by atoms with van der Waals surface area (Å²) in [5, 5.41) is 5.34. The second-order valence-electron chi connectivity index (χ2n) is 12.9. The summed E-state index contributed by atoms with van der Waals surface area (Å²) in [6, 6.07) is 13.9. The van der Waals surface area contributed by atoms with Crippen molar-refractivity contribution in [2.24, 2.45) is 5.92 Å². The van der Waals surface area contributed by atoms with Crippen molar-refractivity contribution in [3.05, 3.63) is 59.7 Å². The molecule has 1 aliphatic carbocycles. The minimum atomic E-state index is -1.12. The zero-order valence-electron chi connectivity index (χ0n) is 25.9. The maximum Gasteiger partial charge on any atom is 0.407 e. The number of carbonyl (C=O) groups is 4. The van der Waals surface area contributed by atoms with Crippen LogP contribution in [-0.2, 0) is 28.6 Å². The van der Waals surface area contributed by atoms with Gasteiger partial charge in [0, 0.05) is 12.3 Å². The van der Waals surface area contributed by atoms with Crippen molar-refractivity contribution >= 4 is 23.9 Å². The van der Waals surface area contributed by atoms with E-state index in [1.165, 1.54) is 0 Å². The van der Waals surface area contributed by atoms with Crippen molar-refractivity contribution in [3.8, 4) is 11.1 Å². The number of carbonyl (C=O) groups excluding carboxylic acids is 4. The number of benzene rings is 2. The van der Waals surface area contributed by atoms with Crippen LogP contribution in [0.5, 0.6) is 0 Å². The predicted molar refractivity (Wildman–Crippen MR) is 160 cm³/mol. The van der Waals surface area contributed by atoms with E-state index in [4.69, 9.17) is 14.2 Å². The van der Waals surface area contributed by atoms with Gasteiger partial charge in [0.05, 0.1) is 0 Å². The third-order valence-electron chi connectivity index (χ3n) is 6.63. The van der Waals surface area contributed by atoms with E-state index in [-0.39, 0.29) is 31.3 Å². The average molecular weight is 581 g/mol. The Labute approximate surface area is 248 Å². The molecule has 0 unspecified atom stereocenters. The molecule has 0 aromatic heterocycles. The van der Waals surface area contributed by atoms with Crippen molar-refractivity contribution in [2.45, 2.75) is 97.4 Å². The highest BCUT2D eigenvalue weighted by Crippen LogP contribution is 2.44. The number of ether oxygens (including phenoxy) is 3. The van der Waals surface area contributed by atoms with Gasteiger partial charge >= 0.3 is 18.0 Å². The van der Waals surface area contributed by atoms with Crippen LogP contribution < -0.4 is 10.6 Å². The zero-order chi connectivity index (χ0) is 31.2. The SMILES string of the molecule is CC(C)[C@H](NC(=O)OCC1c2ccccc2-c2ccccc21)C(=O)N[C@@H](CCC(=O)OC(C)(C)C)C(=O)OC(C)(C)C. The molecule has 3 rings (SSSR count). The Kier molecular flexibility index (Phi) is 10.4. The van der Waals surface area contributed by atoms with Crippen molar-refractivity contribution < 1.29 is 33.4 Å². The summed E-state index contributed by atoms with van der Waals surface area (Å²) in [5.41, 5.74) is 2.90. The number of hydrogen-bond acceptors (Lipinski definition) is 7. The molecule has 2 atom stereocenters. The van der Waals surface area contributed by atoms with Gasteiger partial charge in [0.15, 0.2) is 0 Å². The number of rotatable bonds is 10. The van der Waals surface area contributed by atoms with E-state index in [2.05, 4.69) is 22.8 Å². The van der Waals surface area contributed by atoms with Gasteiger partial charge in [-0.2, -0.15) is 0 Å². The van der Waals surface area contributed by atoms with Crippen LogP contribution in [0.2, 0.25) is 0 Å². The monoisotopic (exact) mass is 580 g/mol. The lowest BCUT2D eigenvalue weighted by molar-refractivity contribution is -0.160. The first kappa shape index (κ1) is 32.6. The minimum absolute atomic E-state index is 0.0225. The van der Waals surface area contributed by atoms with Crippen molar-refractivity contribution in [2.75, 3.05) is 6.61 Å². The maximum absolute atomic E-state index is 13.4. The van der Waals surface area contributed by atoms with Gasteiger partial charge in [0.25, 0.3) is 0 Å². The minimum Gasteiger partial charge on any atom is -0.460 e. The van der Waals surface area contributed by atoms with Crippen LogP contribution in [0.1, 0.15) is 85.3 Å². The summed E-state index contributed by atoms with van der Waals surface area (Å²) >= 11 is 0. The van der Waals surface area contributed by atoms with Gasteiger partial charge in [-0.15, -0.1) is 0 Å². The molecule has 228 valence electrons. The lowest BCUT2D eigenvalue weighted by Crippen LogP contribution is -2.54. The number of amides is 2. The summed E-state index contributed by atoms with van der Waals surface area (Å²) in [6.07, 6.45) is -0.868. The highest BCUT2D eigenvalue weighted by Gasteiger charge is 2.33. The number of hydrogen-bond donors (Lipinski definition) is 2. The second kappa shape index (κ2) is 13.4. The molecule has 9 heteroatoms. The first-order chi connectivity index (χ1) is 19.6. The maximum atomic E-state index is 13.4. The fourth-order valence-corrected chi connectivity index (χ4v) is 4.84. The summed E-state index contributed by atoms with van der Waals surface area (Å²) in [6.45, 7) is 14.0. The van der Waals surface area contributed by atoms with E-state index in [9.17, 15) is 19.2 Å². The smallest absolute Gasteiger partial charge is 0.407 e. The average Bonchev–Trinajstić information content (AvgIpc) is 3.19. The number of alkyl carbamates (subject to hydrolysis) is 1. The zero-order valence-corrected chi connectivity index (χ0v) is 25.9. The first-order valence-electron chi connectivity index (χ1n) is 14.4. The van der Waals surface area contributed by atoms with E-state index in [1.807, 2.05) is 36.4 Å². The standard InChI is InChI=1S/C33H44N2O7/c1-20(2)28(29(37)34-26(30(38)42-33(6,7)8)17-18-27(36)41-32(3,4)5)35-31(39)40-19-25-23-15-11-9-13-21(23)22-14-10-12-16-24(22)25/h9-16,20,25-26,28H,17-19H2,1-8H3,(H,34,37)(H,35,39)/t26-,28-/m0/s1. The molecule has 0 radical (unpaired) electrons. The van der Waals surface area contributed by atoms with E-state index >= 15 is 0 Å². The number of fused-ring (bicyclic) bond motifs is 3. The second-order valence-corrected chi connectivity index (χ2v) is 12.9. The Balaban J connectivity index is 1.66. The lowest BCUT2D eigenvalue weighted by Gasteiger charge is -2.27. The summed E-state index contributed by atoms with van der Waals surface area (Å²) in [5.74, 6) is -2.21. The predicted octanol–water partition coefficient (Wildman–Crippen LogP) is 5.50. The van der Waals surface area contributed by atoms with Gasteiger partial charge in [0.1, 0.15) is 29.9 Å². The number of esters is 2. The number of nitrogens with one attached hydrogen (secondary N) is 2. The molecule has 2 aromatic rings. The molecule has 0 saturated heterocycles. The Hall–Kier alpha value is -3.88. The fraction of sp³-hybridized carbons (Fsp3) is 0.515. The molecule has 0 aliphatic heterocycles. The third-order valence-corrected chi connectivity index (χ3v) is 6.63. The van der Waals surface area contributed by atoms with Crippen LogP contribution in [0.4, 0.5) is 4.79 Å². The molecular weight excluding hydrogens is 536 g/mol. The Morgan fingerprint density at radius 1 is 0.786 bits per heavy atom. The normalized spacial score (nSPS) is 14.3. The van der Waals surface area contributed by atoms with Crippen molar-refractivity contribution in [1.29, 1.82) is 0 Å². The van der Waals surface area contributed by atoms with Crippen molar-refractivity contribution in [1.82, 2.24) is 10.6 Å². The molecule has 0 bridgehead atoms. The van der Waals surface area contributed by atoms with Crippen LogP contribution >= 0.6 is 0 Å². The van der Waals surface area contributed by atoms with Gasteiger partial charge < -0.3 is 24.8 Å². The summed E-state index contributed by atoms with van der Waals surface area (Å²) < 4.78 is 16.5. The van der Waals surface area contributed by atoms with Gasteiger partial charge in [-0.05, 0) is 76.1 Å². The van der Waals surface area contributed by atoms with Crippen LogP contribution in [0.25, 0.3) is 11.1 Å². The van der Waals surface area contributed by atoms with Gasteiger partial charge in [0.2, 0.25) is 5.91 Å². The molecular formula is C33H44N2O7. The van der Waals surface area contributed by atoms with Crippen LogP contribution in [0, 0.1) is 5.92 Å². The highest BCUT2D eigenvalue weighted by atomic mass is 16.6. The first-order valence-corrected chi connectivity index (χ1v) is 14.4. The molecule has 0 saturated carbocycles. The van der Waals surface area contributed by atoms with Crippen molar-refractivity contribution in [3.63, 3.8) is 0 Å². The van der Waals surface area contributed by atoms with Gasteiger partial charge in [-0.1, -0.05) is 62.4 Å². The van der Waals surface area contributed by atoms with E-state index in [0.717, 1.165) is 22.3 Å². The largest absolute Gasteiger partial charge is 0.460 e. The molecule has 2 amide bonds. The molecule has 0 fully saturated rings. The molecule has 0 spiro atoms. The van der Waals surface area contributed by atoms with E-state index < -0.39 is 47.2 Å². The molecule has 2 aromatic carbocycles. The highest BCUT2D eigenvalue weighted by molar-refractivity contribution is 5.90. The van der Waals surface area contributed by atoms with E-state index in [1.54, 1.807) is 55.4 Å². The quantitative estimate of drug-likeness (QED) is 0.281. The third kappa shape index (κ3) is 9.06. The van der Waals surface area contributed by atoms with Gasteiger partial charge in [-0.3, -0.25) is 9.59 Å². The fourth-order valence-electron chi connectivity index (χ4n) is 4.84. The molecule has 1 aliphatic rings. The molecule has 9 nitrogen and oxygen atoms in total. The Morgan fingerprint density at radius 3 is 1.81 bits per heavy atom. The Bertz CT molecular complexity index is 1240. The molecule has 42 heavy (non-hydrogen) atoms. The van der Waals surface area contributed by atoms with Crippen LogP contribution in [-0.4, -0.2) is 53.8 Å². The molecule has 2 N–H and O–H groups in total. The van der Waals surface area contributed by atoms with Crippen LogP contribution in [0.15, 0.2) is 48.5 Å². The van der Waals surface area contributed by atoms with Crippen LogP contribution in [0.3, 0.4) is 0 Å². The van der Waals surface area contributed by atoms with E-state index in [0.29, 0.717) is 0 Å². The Morgan fingerprint density at radius 2 is 1.31 bits per heavy atom. The topological polar surface area (TPSA) is 120 Å². The summed E-state index contributed by atoms with van der Waals surface area (Å²) in [4.78, 5) is 51.6. The lowest BCUT2D eigenvalue weighted by atomic mass is 9.98. The molecule has 0 heterocycles.